The molecule has 2 aromatic carbocycles. The zero-order valence-electron chi connectivity index (χ0n) is 12.8. The number of hydrogen-bond acceptors (Lipinski definition) is 2. The molecule has 2 aromatic rings. The topological polar surface area (TPSA) is 38.3 Å². The number of benzene rings is 2. The predicted molar refractivity (Wildman–Crippen MR) is 87.4 cm³/mol. The van der Waals surface area contributed by atoms with Crippen molar-refractivity contribution in [2.24, 2.45) is 0 Å². The van der Waals surface area contributed by atoms with Crippen molar-refractivity contribution in [3.63, 3.8) is 0 Å². The van der Waals surface area contributed by atoms with Crippen molar-refractivity contribution in [3.8, 4) is 5.75 Å². The quantitative estimate of drug-likeness (QED) is 0.937. The van der Waals surface area contributed by atoms with Gasteiger partial charge >= 0.3 is 0 Å². The summed E-state index contributed by atoms with van der Waals surface area (Å²) in [6, 6.07) is 15.7. The summed E-state index contributed by atoms with van der Waals surface area (Å²) in [6.07, 6.45) is 3.39. The maximum atomic E-state index is 12.2. The number of rotatable bonds is 4. The van der Waals surface area contributed by atoms with Crippen LogP contribution >= 0.6 is 0 Å². The molecule has 22 heavy (non-hydrogen) atoms. The van der Waals surface area contributed by atoms with Gasteiger partial charge in [0.2, 0.25) is 0 Å². The molecule has 1 N–H and O–H groups in total. The van der Waals surface area contributed by atoms with Crippen LogP contribution in [0.1, 0.15) is 40.2 Å². The van der Waals surface area contributed by atoms with Gasteiger partial charge in [0.25, 0.3) is 5.91 Å². The van der Waals surface area contributed by atoms with Gasteiger partial charge in [-0.15, -0.1) is 0 Å². The van der Waals surface area contributed by atoms with Crippen LogP contribution in [0.5, 0.6) is 5.75 Å². The van der Waals surface area contributed by atoms with Crippen molar-refractivity contribution >= 4 is 5.91 Å². The fourth-order valence-electron chi connectivity index (χ4n) is 3.12. The summed E-state index contributed by atoms with van der Waals surface area (Å²) in [6.45, 7) is 0.674. The fraction of sp³-hybridized carbons (Fsp3) is 0.316. The van der Waals surface area contributed by atoms with Crippen LogP contribution in [0.15, 0.2) is 48.5 Å². The second-order valence-electron chi connectivity index (χ2n) is 5.73. The SMILES string of the molecule is COc1ccc2c(c1)[C@@H](CNC(=O)c1ccccc1)CCC2. The number of nitrogens with one attached hydrogen (secondary N) is 1. The lowest BCUT2D eigenvalue weighted by molar-refractivity contribution is 0.0950. The Balaban J connectivity index is 1.71. The van der Waals surface area contributed by atoms with Crippen molar-refractivity contribution in [2.75, 3.05) is 13.7 Å². The Kier molecular flexibility index (Phi) is 4.42. The molecule has 0 saturated heterocycles. The van der Waals surface area contributed by atoms with Crippen LogP contribution in [0.3, 0.4) is 0 Å². The van der Waals surface area contributed by atoms with E-state index >= 15 is 0 Å². The van der Waals surface area contributed by atoms with Gasteiger partial charge < -0.3 is 10.1 Å². The minimum atomic E-state index is -0.00406. The van der Waals surface area contributed by atoms with E-state index in [0.29, 0.717) is 18.0 Å². The number of aryl methyl sites for hydroxylation is 1. The highest BCUT2D eigenvalue weighted by molar-refractivity contribution is 5.94. The van der Waals surface area contributed by atoms with Gasteiger partial charge in [-0.2, -0.15) is 0 Å². The van der Waals surface area contributed by atoms with Gasteiger partial charge in [0.1, 0.15) is 5.75 Å². The first-order valence-corrected chi connectivity index (χ1v) is 7.78. The van der Waals surface area contributed by atoms with Gasteiger partial charge in [0.05, 0.1) is 7.11 Å². The summed E-state index contributed by atoms with van der Waals surface area (Å²) in [7, 11) is 1.69. The van der Waals surface area contributed by atoms with Crippen molar-refractivity contribution in [2.45, 2.75) is 25.2 Å². The molecule has 0 radical (unpaired) electrons. The average Bonchev–Trinajstić information content (AvgIpc) is 2.59. The molecular formula is C19H21NO2. The highest BCUT2D eigenvalue weighted by Crippen LogP contribution is 2.33. The monoisotopic (exact) mass is 295 g/mol. The lowest BCUT2D eigenvalue weighted by Gasteiger charge is -2.26. The number of methoxy groups -OCH3 is 1. The van der Waals surface area contributed by atoms with E-state index in [-0.39, 0.29) is 5.91 Å². The molecule has 0 saturated carbocycles. The van der Waals surface area contributed by atoms with Gasteiger partial charge in [-0.25, -0.2) is 0 Å². The van der Waals surface area contributed by atoms with Crippen LogP contribution in [0.25, 0.3) is 0 Å². The minimum absolute atomic E-state index is 0.00406. The number of carbonyl (C=O) groups is 1. The van der Waals surface area contributed by atoms with Crippen LogP contribution in [-0.4, -0.2) is 19.6 Å². The standard InChI is InChI=1S/C19H21NO2/c1-22-17-11-10-14-8-5-9-16(18(14)12-17)13-20-19(21)15-6-3-2-4-7-15/h2-4,6-7,10-12,16H,5,8-9,13H2,1H3,(H,20,21)/t16-/m1/s1. The van der Waals surface area contributed by atoms with E-state index in [2.05, 4.69) is 17.4 Å². The number of ether oxygens (including phenoxy) is 1. The molecule has 3 heteroatoms. The van der Waals surface area contributed by atoms with Crippen LogP contribution in [-0.2, 0) is 6.42 Å². The zero-order valence-corrected chi connectivity index (χ0v) is 12.8. The normalized spacial score (nSPS) is 16.7. The fourth-order valence-corrected chi connectivity index (χ4v) is 3.12. The Bertz CT molecular complexity index is 652. The Hall–Kier alpha value is -2.29. The van der Waals surface area contributed by atoms with Crippen molar-refractivity contribution in [1.29, 1.82) is 0 Å². The van der Waals surface area contributed by atoms with Gasteiger partial charge in [0, 0.05) is 18.0 Å². The van der Waals surface area contributed by atoms with E-state index in [0.717, 1.165) is 18.6 Å². The molecular weight excluding hydrogens is 274 g/mol. The number of fused-ring (bicyclic) bond motifs is 1. The first kappa shape index (κ1) is 14.6. The second kappa shape index (κ2) is 6.65. The third kappa shape index (κ3) is 3.14. The lowest BCUT2D eigenvalue weighted by Crippen LogP contribution is -2.29. The zero-order chi connectivity index (χ0) is 15.4. The summed E-state index contributed by atoms with van der Waals surface area (Å²) >= 11 is 0. The summed E-state index contributed by atoms with van der Waals surface area (Å²) in [5.41, 5.74) is 3.41. The molecule has 0 aromatic heterocycles. The molecule has 0 spiro atoms. The highest BCUT2D eigenvalue weighted by atomic mass is 16.5. The summed E-state index contributed by atoms with van der Waals surface area (Å²) in [5, 5.41) is 3.07. The highest BCUT2D eigenvalue weighted by Gasteiger charge is 2.21. The molecule has 1 aliphatic rings. The van der Waals surface area contributed by atoms with Crippen LogP contribution in [0, 0.1) is 0 Å². The summed E-state index contributed by atoms with van der Waals surface area (Å²) < 4.78 is 5.34. The Labute approximate surface area is 131 Å². The number of amides is 1. The van der Waals surface area contributed by atoms with E-state index in [4.69, 9.17) is 4.74 Å². The van der Waals surface area contributed by atoms with Gasteiger partial charge in [-0.1, -0.05) is 24.3 Å². The minimum Gasteiger partial charge on any atom is -0.497 e. The average molecular weight is 295 g/mol. The van der Waals surface area contributed by atoms with E-state index < -0.39 is 0 Å². The van der Waals surface area contributed by atoms with Crippen molar-refractivity contribution in [1.82, 2.24) is 5.32 Å². The molecule has 0 heterocycles. The molecule has 0 bridgehead atoms. The molecule has 3 rings (SSSR count). The first-order chi connectivity index (χ1) is 10.8. The Morgan fingerprint density at radius 2 is 2.05 bits per heavy atom. The molecule has 1 amide bonds. The maximum absolute atomic E-state index is 12.2. The third-order valence-corrected chi connectivity index (χ3v) is 4.34. The van der Waals surface area contributed by atoms with Crippen LogP contribution in [0.4, 0.5) is 0 Å². The molecule has 1 aliphatic carbocycles. The van der Waals surface area contributed by atoms with Gasteiger partial charge in [0.15, 0.2) is 0 Å². The molecule has 0 unspecified atom stereocenters. The van der Waals surface area contributed by atoms with Crippen LogP contribution < -0.4 is 10.1 Å². The molecule has 1 atom stereocenters. The third-order valence-electron chi connectivity index (χ3n) is 4.34. The van der Waals surface area contributed by atoms with E-state index in [1.54, 1.807) is 7.11 Å². The summed E-state index contributed by atoms with van der Waals surface area (Å²) in [5.74, 6) is 1.25. The Morgan fingerprint density at radius 1 is 1.23 bits per heavy atom. The van der Waals surface area contributed by atoms with E-state index in [1.807, 2.05) is 36.4 Å². The smallest absolute Gasteiger partial charge is 0.251 e. The number of hydrogen-bond donors (Lipinski definition) is 1. The van der Waals surface area contributed by atoms with Gasteiger partial charge in [-0.3, -0.25) is 4.79 Å². The lowest BCUT2D eigenvalue weighted by atomic mass is 9.82. The largest absolute Gasteiger partial charge is 0.497 e. The second-order valence-corrected chi connectivity index (χ2v) is 5.73. The van der Waals surface area contributed by atoms with E-state index in [9.17, 15) is 4.79 Å². The summed E-state index contributed by atoms with van der Waals surface area (Å²) in [4.78, 5) is 12.2. The Morgan fingerprint density at radius 3 is 2.82 bits per heavy atom. The molecule has 0 fully saturated rings. The maximum Gasteiger partial charge on any atom is 0.251 e. The molecule has 3 nitrogen and oxygen atoms in total. The van der Waals surface area contributed by atoms with Crippen molar-refractivity contribution < 1.29 is 9.53 Å². The van der Waals surface area contributed by atoms with Crippen molar-refractivity contribution in [3.05, 3.63) is 65.2 Å². The first-order valence-electron chi connectivity index (χ1n) is 7.78. The predicted octanol–water partition coefficient (Wildman–Crippen LogP) is 3.55. The van der Waals surface area contributed by atoms with Crippen LogP contribution in [0.2, 0.25) is 0 Å². The molecule has 0 aliphatic heterocycles. The van der Waals surface area contributed by atoms with E-state index in [1.165, 1.54) is 17.5 Å². The molecule has 114 valence electrons. The van der Waals surface area contributed by atoms with Gasteiger partial charge in [-0.05, 0) is 54.7 Å². The number of carbonyl (C=O) groups excluding carboxylic acids is 1.